The van der Waals surface area contributed by atoms with Gasteiger partial charge >= 0.3 is 0 Å². The highest BCUT2D eigenvalue weighted by Gasteiger charge is 2.24. The van der Waals surface area contributed by atoms with Crippen LogP contribution in [0.1, 0.15) is 34.2 Å². The predicted molar refractivity (Wildman–Crippen MR) is 140 cm³/mol. The Balaban J connectivity index is 1.16. The van der Waals surface area contributed by atoms with Gasteiger partial charge < -0.3 is 20.1 Å². The lowest BCUT2D eigenvalue weighted by molar-refractivity contribution is 0.0834. The van der Waals surface area contributed by atoms with Crippen molar-refractivity contribution in [2.75, 3.05) is 26.7 Å². The number of carbonyl (C=O) groups is 1. The number of thiophene rings is 1. The van der Waals surface area contributed by atoms with Crippen molar-refractivity contribution >= 4 is 28.1 Å². The molecule has 0 radical (unpaired) electrons. The van der Waals surface area contributed by atoms with Crippen molar-refractivity contribution in [3.05, 3.63) is 83.4 Å². The third-order valence-corrected chi connectivity index (χ3v) is 7.72. The second kappa shape index (κ2) is 10.6. The third kappa shape index (κ3) is 5.37. The van der Waals surface area contributed by atoms with Gasteiger partial charge in [0, 0.05) is 42.1 Å². The molecule has 1 amide bonds. The van der Waals surface area contributed by atoms with E-state index >= 15 is 0 Å². The second-order valence-corrected chi connectivity index (χ2v) is 9.96. The minimum Gasteiger partial charge on any atom is -0.497 e. The molecule has 5 rings (SSSR count). The maximum atomic E-state index is 12.8. The highest BCUT2D eigenvalue weighted by molar-refractivity contribution is 7.17. The zero-order valence-electron chi connectivity index (χ0n) is 19.7. The lowest BCUT2D eigenvalue weighted by atomic mass is 10.0. The van der Waals surface area contributed by atoms with Crippen LogP contribution in [0.5, 0.6) is 5.75 Å². The van der Waals surface area contributed by atoms with Crippen molar-refractivity contribution in [1.29, 1.82) is 0 Å². The number of amides is 1. The summed E-state index contributed by atoms with van der Waals surface area (Å²) in [6, 6.07) is 21.8. The van der Waals surface area contributed by atoms with Crippen molar-refractivity contribution in [2.45, 2.75) is 25.0 Å². The molecule has 6 nitrogen and oxygen atoms in total. The van der Waals surface area contributed by atoms with Crippen LogP contribution in [0.25, 0.3) is 21.3 Å². The van der Waals surface area contributed by atoms with E-state index in [-0.39, 0.29) is 11.9 Å². The van der Waals surface area contributed by atoms with Gasteiger partial charge in [0.2, 0.25) is 0 Å². The van der Waals surface area contributed by atoms with E-state index in [2.05, 4.69) is 27.3 Å². The van der Waals surface area contributed by atoms with E-state index in [0.717, 1.165) is 63.5 Å². The van der Waals surface area contributed by atoms with Crippen LogP contribution >= 0.6 is 11.3 Å². The molecule has 2 N–H and O–H groups in total. The van der Waals surface area contributed by atoms with E-state index in [4.69, 9.17) is 4.74 Å². The zero-order chi connectivity index (χ0) is 24.2. The lowest BCUT2D eigenvalue weighted by Crippen LogP contribution is -2.45. The summed E-state index contributed by atoms with van der Waals surface area (Å²) in [6.07, 6.45) is 2.84. The van der Waals surface area contributed by atoms with Gasteiger partial charge in [-0.05, 0) is 60.4 Å². The topological polar surface area (TPSA) is 74.7 Å². The first-order valence-electron chi connectivity index (χ1n) is 11.9. The van der Waals surface area contributed by atoms with Crippen LogP contribution in [-0.2, 0) is 0 Å². The summed E-state index contributed by atoms with van der Waals surface area (Å²) in [7, 11) is 1.64. The lowest BCUT2D eigenvalue weighted by Gasteiger charge is -2.33. The average molecular weight is 488 g/mol. The Morgan fingerprint density at radius 1 is 1.14 bits per heavy atom. The molecule has 1 fully saturated rings. The molecule has 1 saturated heterocycles. The number of likely N-dealkylation sites (tertiary alicyclic amines) is 1. The number of aliphatic hydroxyl groups is 1. The molecular weight excluding hydrogens is 458 g/mol. The summed E-state index contributed by atoms with van der Waals surface area (Å²) in [6.45, 7) is 2.20. The van der Waals surface area contributed by atoms with Gasteiger partial charge in [0.1, 0.15) is 5.75 Å². The molecule has 0 bridgehead atoms. The van der Waals surface area contributed by atoms with Crippen LogP contribution in [-0.4, -0.2) is 53.7 Å². The number of carbonyl (C=O) groups excluding carboxylic acids is 1. The van der Waals surface area contributed by atoms with E-state index in [9.17, 15) is 9.90 Å². The molecule has 2 aromatic carbocycles. The maximum Gasteiger partial charge on any atom is 0.261 e. The number of β-amino-alcohol motifs (C(OH)–C–C–N with tert-alkyl or cyclic N) is 1. The number of fused-ring (bicyclic) bond motifs is 1. The molecule has 1 aliphatic rings. The van der Waals surface area contributed by atoms with Crippen molar-refractivity contribution in [3.8, 4) is 16.2 Å². The Bertz CT molecular complexity index is 1300. The Kier molecular flexibility index (Phi) is 7.08. The first-order chi connectivity index (χ1) is 17.1. The minimum atomic E-state index is -0.624. The number of hydrogen-bond donors (Lipinski definition) is 2. The fourth-order valence-corrected chi connectivity index (χ4v) is 5.56. The maximum absolute atomic E-state index is 12.8. The van der Waals surface area contributed by atoms with Gasteiger partial charge in [0.25, 0.3) is 5.91 Å². The molecule has 0 unspecified atom stereocenters. The Labute approximate surface area is 209 Å². The molecule has 3 heterocycles. The number of hydrogen-bond acceptors (Lipinski definition) is 6. The third-order valence-electron chi connectivity index (χ3n) is 6.58. The van der Waals surface area contributed by atoms with E-state index in [0.29, 0.717) is 6.54 Å². The molecule has 180 valence electrons. The zero-order valence-corrected chi connectivity index (χ0v) is 20.5. The molecule has 35 heavy (non-hydrogen) atoms. The molecular formula is C28H29N3O3S. The van der Waals surface area contributed by atoms with Crippen LogP contribution in [0.2, 0.25) is 0 Å². The van der Waals surface area contributed by atoms with Gasteiger partial charge in [-0.15, -0.1) is 11.3 Å². The van der Waals surface area contributed by atoms with Gasteiger partial charge in [-0.1, -0.05) is 30.3 Å². The monoisotopic (exact) mass is 487 g/mol. The standard InChI is InChI=1S/C28H29N3O3S/c1-34-21-7-8-24-23(17-21)22(11-14-29-24)25(32)18-31-15-12-20(13-16-31)30-28(33)27-10-9-26(35-27)19-5-3-2-4-6-19/h2-11,14,17,20,25,32H,12-13,15-16,18H2,1H3,(H,30,33)/t25-/m0/s1. The van der Waals surface area contributed by atoms with Crippen LogP contribution in [0, 0.1) is 0 Å². The summed E-state index contributed by atoms with van der Waals surface area (Å²) < 4.78 is 5.35. The Morgan fingerprint density at radius 2 is 1.94 bits per heavy atom. The molecule has 2 aromatic heterocycles. The van der Waals surface area contributed by atoms with Crippen LogP contribution in [0.15, 0.2) is 72.9 Å². The van der Waals surface area contributed by atoms with Gasteiger partial charge in [0.05, 0.1) is 23.6 Å². The van der Waals surface area contributed by atoms with Gasteiger partial charge in [-0.25, -0.2) is 0 Å². The van der Waals surface area contributed by atoms with Gasteiger partial charge in [-0.3, -0.25) is 9.78 Å². The highest BCUT2D eigenvalue weighted by atomic mass is 32.1. The predicted octanol–water partition coefficient (Wildman–Crippen LogP) is 4.90. The van der Waals surface area contributed by atoms with E-state index in [1.165, 1.54) is 11.3 Å². The number of piperidine rings is 1. The molecule has 7 heteroatoms. The average Bonchev–Trinajstić information content (AvgIpc) is 3.40. The van der Waals surface area contributed by atoms with Gasteiger partial charge in [0.15, 0.2) is 0 Å². The van der Waals surface area contributed by atoms with Crippen molar-refractivity contribution < 1.29 is 14.6 Å². The largest absolute Gasteiger partial charge is 0.497 e. The number of nitrogens with one attached hydrogen (secondary N) is 1. The van der Waals surface area contributed by atoms with Crippen LogP contribution in [0.3, 0.4) is 0 Å². The second-order valence-electron chi connectivity index (χ2n) is 8.88. The number of rotatable bonds is 7. The number of aliphatic hydroxyl groups excluding tert-OH is 1. The fourth-order valence-electron chi connectivity index (χ4n) is 4.64. The van der Waals surface area contributed by atoms with E-state index < -0.39 is 6.10 Å². The molecule has 0 spiro atoms. The van der Waals surface area contributed by atoms with Crippen molar-refractivity contribution in [1.82, 2.24) is 15.2 Å². The van der Waals surface area contributed by atoms with E-state index in [1.54, 1.807) is 13.3 Å². The minimum absolute atomic E-state index is 0.00660. The highest BCUT2D eigenvalue weighted by Crippen LogP contribution is 2.29. The quantitative estimate of drug-likeness (QED) is 0.388. The fraction of sp³-hybridized carbons (Fsp3) is 0.286. The van der Waals surface area contributed by atoms with Crippen LogP contribution < -0.4 is 10.1 Å². The van der Waals surface area contributed by atoms with Gasteiger partial charge in [-0.2, -0.15) is 0 Å². The molecule has 1 atom stereocenters. The molecule has 4 aromatic rings. The van der Waals surface area contributed by atoms with E-state index in [1.807, 2.05) is 54.6 Å². The van der Waals surface area contributed by atoms with Crippen molar-refractivity contribution in [2.24, 2.45) is 0 Å². The normalized spacial score (nSPS) is 15.7. The number of benzene rings is 2. The SMILES string of the molecule is COc1ccc2nccc([C@@H](O)CN3CCC(NC(=O)c4ccc(-c5ccccc5)s4)CC3)c2c1. The molecule has 0 saturated carbocycles. The molecule has 1 aliphatic heterocycles. The smallest absolute Gasteiger partial charge is 0.261 e. The number of nitrogens with zero attached hydrogens (tertiary/aromatic N) is 2. The Morgan fingerprint density at radius 3 is 2.71 bits per heavy atom. The first-order valence-corrected chi connectivity index (χ1v) is 12.7. The summed E-state index contributed by atoms with van der Waals surface area (Å²) in [5.74, 6) is 0.741. The van der Waals surface area contributed by atoms with Crippen molar-refractivity contribution in [3.63, 3.8) is 0 Å². The first kappa shape index (κ1) is 23.5. The molecule has 0 aliphatic carbocycles. The number of methoxy groups -OCH3 is 1. The summed E-state index contributed by atoms with van der Waals surface area (Å²) in [5, 5.41) is 15.1. The summed E-state index contributed by atoms with van der Waals surface area (Å²) in [4.78, 5) is 21.3. The Hall–Kier alpha value is -3.26. The summed E-state index contributed by atoms with van der Waals surface area (Å²) in [5.41, 5.74) is 2.83. The number of ether oxygens (including phenoxy) is 1. The summed E-state index contributed by atoms with van der Waals surface area (Å²) >= 11 is 1.52. The number of aromatic nitrogens is 1. The van der Waals surface area contributed by atoms with Crippen LogP contribution in [0.4, 0.5) is 0 Å². The number of pyridine rings is 1.